The number of nitrogens with zero attached hydrogens (tertiary/aromatic N) is 1. The number of aromatic nitrogens is 1. The van der Waals surface area contributed by atoms with E-state index < -0.39 is 5.97 Å². The quantitative estimate of drug-likeness (QED) is 0.943. The molecule has 0 bridgehead atoms. The van der Waals surface area contributed by atoms with E-state index in [2.05, 4.69) is 15.9 Å². The van der Waals surface area contributed by atoms with Gasteiger partial charge in [0.15, 0.2) is 0 Å². The number of hydrogen-bond acceptors (Lipinski definition) is 2. The normalized spacial score (nSPS) is 19.1. The van der Waals surface area contributed by atoms with E-state index in [1.807, 2.05) is 22.8 Å². The highest BCUT2D eigenvalue weighted by Gasteiger charge is 2.21. The van der Waals surface area contributed by atoms with Crippen LogP contribution in [-0.2, 0) is 11.3 Å². The van der Waals surface area contributed by atoms with E-state index in [4.69, 9.17) is 4.74 Å². The summed E-state index contributed by atoms with van der Waals surface area (Å²) in [4.78, 5) is 11.4. The lowest BCUT2D eigenvalue weighted by Crippen LogP contribution is -2.18. The molecule has 1 unspecified atom stereocenters. The van der Waals surface area contributed by atoms with E-state index in [1.54, 1.807) is 6.07 Å². The summed E-state index contributed by atoms with van der Waals surface area (Å²) in [5.41, 5.74) is 1.26. The summed E-state index contributed by atoms with van der Waals surface area (Å²) >= 11 is 3.41. The third-order valence-electron chi connectivity index (χ3n) is 3.49. The van der Waals surface area contributed by atoms with Gasteiger partial charge in [0.1, 0.15) is 5.69 Å². The van der Waals surface area contributed by atoms with E-state index in [0.717, 1.165) is 34.8 Å². The van der Waals surface area contributed by atoms with E-state index in [-0.39, 0.29) is 6.10 Å². The number of benzene rings is 1. The number of fused-ring (bicyclic) bond motifs is 1. The van der Waals surface area contributed by atoms with Gasteiger partial charge in [0.25, 0.3) is 0 Å². The molecule has 4 nitrogen and oxygen atoms in total. The summed E-state index contributed by atoms with van der Waals surface area (Å²) < 4.78 is 8.41. The largest absolute Gasteiger partial charge is 0.477 e. The molecule has 0 spiro atoms. The van der Waals surface area contributed by atoms with Crippen LogP contribution in [0.5, 0.6) is 0 Å². The highest BCUT2D eigenvalue weighted by atomic mass is 79.9. The van der Waals surface area contributed by atoms with Crippen molar-refractivity contribution in [3.05, 3.63) is 34.4 Å². The van der Waals surface area contributed by atoms with Gasteiger partial charge in [-0.2, -0.15) is 0 Å². The molecule has 1 aliphatic heterocycles. The van der Waals surface area contributed by atoms with Gasteiger partial charge in [-0.15, -0.1) is 0 Å². The maximum Gasteiger partial charge on any atom is 0.352 e. The first-order valence-electron chi connectivity index (χ1n) is 6.29. The minimum absolute atomic E-state index is 0.123. The maximum absolute atomic E-state index is 11.4. The maximum atomic E-state index is 11.4. The molecular formula is C14H14BrNO3. The minimum atomic E-state index is -0.898. The molecule has 1 saturated heterocycles. The van der Waals surface area contributed by atoms with Crippen molar-refractivity contribution in [2.24, 2.45) is 0 Å². The Kier molecular flexibility index (Phi) is 3.33. The monoisotopic (exact) mass is 323 g/mol. The van der Waals surface area contributed by atoms with Crippen molar-refractivity contribution in [2.45, 2.75) is 25.5 Å². The van der Waals surface area contributed by atoms with Gasteiger partial charge in [0, 0.05) is 28.5 Å². The number of carbonyl (C=O) groups is 1. The number of rotatable bonds is 3. The first kappa shape index (κ1) is 12.7. The van der Waals surface area contributed by atoms with Crippen molar-refractivity contribution in [1.82, 2.24) is 4.57 Å². The van der Waals surface area contributed by atoms with Crippen molar-refractivity contribution < 1.29 is 14.6 Å². The average Bonchev–Trinajstić information content (AvgIpc) is 2.97. The molecule has 2 aromatic rings. The summed E-state index contributed by atoms with van der Waals surface area (Å²) in [5.74, 6) is -0.898. The number of carboxylic acid groups (broad SMARTS) is 1. The highest BCUT2D eigenvalue weighted by Crippen LogP contribution is 2.26. The van der Waals surface area contributed by atoms with Gasteiger partial charge in [0.2, 0.25) is 0 Å². The molecule has 0 aliphatic carbocycles. The second-order valence-electron chi connectivity index (χ2n) is 4.78. The first-order chi connectivity index (χ1) is 9.15. The topological polar surface area (TPSA) is 51.5 Å². The van der Waals surface area contributed by atoms with E-state index >= 15 is 0 Å². The van der Waals surface area contributed by atoms with Crippen molar-refractivity contribution in [3.8, 4) is 0 Å². The van der Waals surface area contributed by atoms with Crippen LogP contribution in [-0.4, -0.2) is 28.4 Å². The number of halogens is 1. The predicted octanol–water partition coefficient (Wildman–Crippen LogP) is 3.28. The molecular weight excluding hydrogens is 310 g/mol. The van der Waals surface area contributed by atoms with Crippen molar-refractivity contribution in [3.63, 3.8) is 0 Å². The molecule has 100 valence electrons. The lowest BCUT2D eigenvalue weighted by atomic mass is 10.2. The lowest BCUT2D eigenvalue weighted by molar-refractivity contribution is 0.0672. The Morgan fingerprint density at radius 3 is 3.00 bits per heavy atom. The number of aromatic carboxylic acids is 1. The molecule has 0 saturated carbocycles. The first-order valence-corrected chi connectivity index (χ1v) is 7.08. The van der Waals surface area contributed by atoms with Crippen molar-refractivity contribution in [1.29, 1.82) is 0 Å². The van der Waals surface area contributed by atoms with Gasteiger partial charge in [0.05, 0.1) is 6.10 Å². The molecule has 1 fully saturated rings. The van der Waals surface area contributed by atoms with Crippen LogP contribution >= 0.6 is 15.9 Å². The Balaban J connectivity index is 2.07. The van der Waals surface area contributed by atoms with Crippen LogP contribution in [0.2, 0.25) is 0 Å². The molecule has 1 aromatic carbocycles. The number of carboxylic acids is 1. The third kappa shape index (κ3) is 2.40. The van der Waals surface area contributed by atoms with Crippen LogP contribution < -0.4 is 0 Å². The fourth-order valence-electron chi connectivity index (χ4n) is 2.61. The number of hydrogen-bond donors (Lipinski definition) is 1. The Morgan fingerprint density at radius 2 is 2.32 bits per heavy atom. The fourth-order valence-corrected chi connectivity index (χ4v) is 2.99. The molecule has 1 aliphatic rings. The Labute approximate surface area is 119 Å². The predicted molar refractivity (Wildman–Crippen MR) is 75.6 cm³/mol. The zero-order valence-electron chi connectivity index (χ0n) is 10.3. The minimum Gasteiger partial charge on any atom is -0.477 e. The van der Waals surface area contributed by atoms with Crippen molar-refractivity contribution in [2.75, 3.05) is 6.61 Å². The standard InChI is InChI=1S/C14H14BrNO3/c15-10-3-4-12-9(6-10)7-13(14(17)18)16(12)8-11-2-1-5-19-11/h3-4,6-7,11H,1-2,5,8H2,(H,17,18). The molecule has 1 aromatic heterocycles. The lowest BCUT2D eigenvalue weighted by Gasteiger charge is -2.13. The summed E-state index contributed by atoms with van der Waals surface area (Å²) in [6, 6.07) is 7.53. The van der Waals surface area contributed by atoms with Crippen LogP contribution in [0.4, 0.5) is 0 Å². The second-order valence-corrected chi connectivity index (χ2v) is 5.70. The van der Waals surface area contributed by atoms with Crippen LogP contribution in [0.15, 0.2) is 28.7 Å². The van der Waals surface area contributed by atoms with Gasteiger partial charge in [-0.05, 0) is 37.1 Å². The molecule has 0 radical (unpaired) electrons. The Hall–Kier alpha value is -1.33. The summed E-state index contributed by atoms with van der Waals surface area (Å²) in [7, 11) is 0. The smallest absolute Gasteiger partial charge is 0.352 e. The van der Waals surface area contributed by atoms with E-state index in [9.17, 15) is 9.90 Å². The van der Waals surface area contributed by atoms with Gasteiger partial charge in [-0.25, -0.2) is 4.79 Å². The summed E-state index contributed by atoms with van der Waals surface area (Å²) in [5, 5.41) is 10.3. The molecule has 19 heavy (non-hydrogen) atoms. The SMILES string of the molecule is O=C(O)c1cc2cc(Br)ccc2n1CC1CCCO1. The summed E-state index contributed by atoms with van der Waals surface area (Å²) in [6.45, 7) is 1.38. The molecule has 1 N–H and O–H groups in total. The zero-order valence-corrected chi connectivity index (χ0v) is 11.9. The molecule has 3 rings (SSSR count). The van der Waals surface area contributed by atoms with Crippen molar-refractivity contribution >= 4 is 32.8 Å². The third-order valence-corrected chi connectivity index (χ3v) is 3.99. The second kappa shape index (κ2) is 4.98. The Morgan fingerprint density at radius 1 is 1.47 bits per heavy atom. The fraction of sp³-hybridized carbons (Fsp3) is 0.357. The van der Waals surface area contributed by atoms with E-state index in [1.165, 1.54) is 0 Å². The summed E-state index contributed by atoms with van der Waals surface area (Å²) in [6.07, 6.45) is 2.17. The van der Waals surface area contributed by atoms with Crippen LogP contribution in [0.3, 0.4) is 0 Å². The van der Waals surface area contributed by atoms with Gasteiger partial charge >= 0.3 is 5.97 Å². The molecule has 1 atom stereocenters. The van der Waals surface area contributed by atoms with Gasteiger partial charge in [-0.1, -0.05) is 15.9 Å². The van der Waals surface area contributed by atoms with Crippen LogP contribution in [0, 0.1) is 0 Å². The van der Waals surface area contributed by atoms with Gasteiger partial charge < -0.3 is 14.4 Å². The molecule has 5 heteroatoms. The Bertz CT molecular complexity index is 629. The van der Waals surface area contributed by atoms with Crippen LogP contribution in [0.25, 0.3) is 10.9 Å². The molecule has 2 heterocycles. The van der Waals surface area contributed by atoms with E-state index in [0.29, 0.717) is 12.2 Å². The van der Waals surface area contributed by atoms with Gasteiger partial charge in [-0.3, -0.25) is 0 Å². The average molecular weight is 324 g/mol. The molecule has 0 amide bonds. The number of ether oxygens (including phenoxy) is 1. The zero-order chi connectivity index (χ0) is 13.4. The highest BCUT2D eigenvalue weighted by molar-refractivity contribution is 9.10. The van der Waals surface area contributed by atoms with Crippen LogP contribution in [0.1, 0.15) is 23.3 Å².